The molecule has 1 nitrogen and oxygen atoms in total. The molecule has 0 unspecified atom stereocenters. The van der Waals surface area contributed by atoms with E-state index in [0.29, 0.717) is 16.7 Å². The molecule has 0 saturated carbocycles. The second-order valence-corrected chi connectivity index (χ2v) is 3.76. The molecule has 3 heteroatoms. The minimum atomic E-state index is -0.450. The highest BCUT2D eigenvalue weighted by molar-refractivity contribution is 6.00. The Balaban J connectivity index is 2.65. The van der Waals surface area contributed by atoms with E-state index in [1.165, 1.54) is 43.3 Å². The Bertz CT molecular complexity index is 576. The summed E-state index contributed by atoms with van der Waals surface area (Å²) in [6.45, 7) is 1.40. The molecule has 0 aliphatic heterocycles. The molecule has 86 valence electrons. The summed E-state index contributed by atoms with van der Waals surface area (Å²) in [5.41, 5.74) is 1.30. The van der Waals surface area contributed by atoms with Crippen molar-refractivity contribution in [3.05, 3.63) is 59.7 Å². The Morgan fingerprint density at radius 2 is 1.71 bits per heavy atom. The van der Waals surface area contributed by atoms with E-state index in [0.717, 1.165) is 0 Å². The van der Waals surface area contributed by atoms with Gasteiger partial charge in [-0.2, -0.15) is 0 Å². The van der Waals surface area contributed by atoms with E-state index in [4.69, 9.17) is 0 Å². The molecule has 0 fully saturated rings. The molecular weight excluding hydrogens is 222 g/mol. The smallest absolute Gasteiger partial charge is 0.160 e. The zero-order chi connectivity index (χ0) is 12.4. The van der Waals surface area contributed by atoms with Crippen molar-refractivity contribution in [2.24, 2.45) is 0 Å². The first-order chi connectivity index (χ1) is 8.08. The van der Waals surface area contributed by atoms with Crippen molar-refractivity contribution in [1.82, 2.24) is 0 Å². The molecule has 17 heavy (non-hydrogen) atoms. The van der Waals surface area contributed by atoms with Crippen LogP contribution in [-0.4, -0.2) is 5.78 Å². The van der Waals surface area contributed by atoms with E-state index in [-0.39, 0.29) is 5.78 Å². The number of ketones is 1. The number of halogens is 2. The van der Waals surface area contributed by atoms with Crippen LogP contribution in [-0.2, 0) is 0 Å². The Hall–Kier alpha value is -2.03. The molecule has 2 aromatic carbocycles. The largest absolute Gasteiger partial charge is 0.294 e. The van der Waals surface area contributed by atoms with Crippen molar-refractivity contribution in [3.8, 4) is 11.1 Å². The number of hydrogen-bond acceptors (Lipinski definition) is 1. The number of Topliss-reactive ketones (excluding diaryl/α,β-unsaturated/α-hetero) is 1. The standard InChI is InChI=1S/C14H10F2O/c1-9(17)13-6-5-12(16)8-14(13)10-3-2-4-11(15)7-10/h2-8H,1H3. The maximum Gasteiger partial charge on any atom is 0.160 e. The third-order valence-corrected chi connectivity index (χ3v) is 2.50. The molecule has 0 bridgehead atoms. The number of rotatable bonds is 2. The van der Waals surface area contributed by atoms with Gasteiger partial charge >= 0.3 is 0 Å². The zero-order valence-electron chi connectivity index (χ0n) is 9.21. The SMILES string of the molecule is CC(=O)c1ccc(F)cc1-c1cccc(F)c1. The normalized spacial score (nSPS) is 10.3. The van der Waals surface area contributed by atoms with Gasteiger partial charge in [-0.15, -0.1) is 0 Å². The van der Waals surface area contributed by atoms with Gasteiger partial charge < -0.3 is 0 Å². The van der Waals surface area contributed by atoms with Gasteiger partial charge in [-0.3, -0.25) is 4.79 Å². The minimum Gasteiger partial charge on any atom is -0.294 e. The van der Waals surface area contributed by atoms with Gasteiger partial charge in [0.2, 0.25) is 0 Å². The minimum absolute atomic E-state index is 0.177. The molecule has 0 aliphatic rings. The lowest BCUT2D eigenvalue weighted by molar-refractivity contribution is 0.101. The molecule has 0 radical (unpaired) electrons. The van der Waals surface area contributed by atoms with Crippen molar-refractivity contribution in [2.75, 3.05) is 0 Å². The van der Waals surface area contributed by atoms with Crippen molar-refractivity contribution < 1.29 is 13.6 Å². The van der Waals surface area contributed by atoms with E-state index < -0.39 is 11.6 Å². The summed E-state index contributed by atoms with van der Waals surface area (Å²) in [6.07, 6.45) is 0. The number of carbonyl (C=O) groups is 1. The molecule has 0 amide bonds. The fourth-order valence-electron chi connectivity index (χ4n) is 1.72. The maximum absolute atomic E-state index is 13.2. The van der Waals surface area contributed by atoms with Crippen LogP contribution in [0, 0.1) is 11.6 Å². The number of benzene rings is 2. The van der Waals surface area contributed by atoms with Crippen LogP contribution in [0.2, 0.25) is 0 Å². The van der Waals surface area contributed by atoms with E-state index >= 15 is 0 Å². The Labute approximate surface area is 97.7 Å². The van der Waals surface area contributed by atoms with Crippen LogP contribution in [0.25, 0.3) is 11.1 Å². The van der Waals surface area contributed by atoms with Crippen LogP contribution in [0.1, 0.15) is 17.3 Å². The highest BCUT2D eigenvalue weighted by Crippen LogP contribution is 2.25. The monoisotopic (exact) mass is 232 g/mol. The van der Waals surface area contributed by atoms with Crippen molar-refractivity contribution in [1.29, 1.82) is 0 Å². The summed E-state index contributed by atoms with van der Waals surface area (Å²) < 4.78 is 26.3. The summed E-state index contributed by atoms with van der Waals surface area (Å²) in [5.74, 6) is -1.04. The third kappa shape index (κ3) is 2.38. The predicted molar refractivity (Wildman–Crippen MR) is 61.8 cm³/mol. The molecule has 0 heterocycles. The molecule has 2 rings (SSSR count). The summed E-state index contributed by atoms with van der Waals surface area (Å²) in [6, 6.07) is 9.63. The molecule has 0 saturated heterocycles. The summed E-state index contributed by atoms with van der Waals surface area (Å²) >= 11 is 0. The van der Waals surface area contributed by atoms with E-state index in [2.05, 4.69) is 0 Å². The van der Waals surface area contributed by atoms with Crippen LogP contribution in [0.15, 0.2) is 42.5 Å². The third-order valence-electron chi connectivity index (χ3n) is 2.50. The van der Waals surface area contributed by atoms with Gasteiger partial charge in [0.05, 0.1) is 0 Å². The Kier molecular flexibility index (Phi) is 3.00. The van der Waals surface area contributed by atoms with Crippen molar-refractivity contribution in [3.63, 3.8) is 0 Å². The van der Waals surface area contributed by atoms with Crippen molar-refractivity contribution in [2.45, 2.75) is 6.92 Å². The van der Waals surface area contributed by atoms with Crippen LogP contribution >= 0.6 is 0 Å². The average Bonchev–Trinajstić information content (AvgIpc) is 2.28. The van der Waals surface area contributed by atoms with Crippen LogP contribution in [0.4, 0.5) is 8.78 Å². The fraction of sp³-hybridized carbons (Fsp3) is 0.0714. The van der Waals surface area contributed by atoms with E-state index in [1.54, 1.807) is 6.07 Å². The molecule has 0 atom stereocenters. The second kappa shape index (κ2) is 4.45. The molecule has 0 aliphatic carbocycles. The molecule has 0 N–H and O–H groups in total. The van der Waals surface area contributed by atoms with Crippen molar-refractivity contribution >= 4 is 5.78 Å². The number of carbonyl (C=O) groups excluding carboxylic acids is 1. The summed E-state index contributed by atoms with van der Waals surface area (Å²) in [4.78, 5) is 11.4. The first kappa shape index (κ1) is 11.5. The Morgan fingerprint density at radius 1 is 1.00 bits per heavy atom. The highest BCUT2D eigenvalue weighted by atomic mass is 19.1. The first-order valence-corrected chi connectivity index (χ1v) is 5.14. The predicted octanol–water partition coefficient (Wildman–Crippen LogP) is 3.83. The Morgan fingerprint density at radius 3 is 2.35 bits per heavy atom. The highest BCUT2D eigenvalue weighted by Gasteiger charge is 2.10. The molecule has 2 aromatic rings. The van der Waals surface area contributed by atoms with Crippen LogP contribution < -0.4 is 0 Å². The quantitative estimate of drug-likeness (QED) is 0.719. The van der Waals surface area contributed by atoms with Gasteiger partial charge in [0.25, 0.3) is 0 Å². The summed E-state index contributed by atoms with van der Waals surface area (Å²) in [7, 11) is 0. The van der Waals surface area contributed by atoms with Crippen LogP contribution in [0.5, 0.6) is 0 Å². The lowest BCUT2D eigenvalue weighted by atomic mass is 9.97. The first-order valence-electron chi connectivity index (χ1n) is 5.14. The fourth-order valence-corrected chi connectivity index (χ4v) is 1.72. The average molecular weight is 232 g/mol. The lowest BCUT2D eigenvalue weighted by Crippen LogP contribution is -1.97. The number of hydrogen-bond donors (Lipinski definition) is 0. The summed E-state index contributed by atoms with van der Waals surface area (Å²) in [5, 5.41) is 0. The van der Waals surface area contributed by atoms with Gasteiger partial charge in [-0.1, -0.05) is 12.1 Å². The van der Waals surface area contributed by atoms with Gasteiger partial charge in [-0.25, -0.2) is 8.78 Å². The molecular formula is C14H10F2O. The van der Waals surface area contributed by atoms with E-state index in [9.17, 15) is 13.6 Å². The maximum atomic E-state index is 13.2. The zero-order valence-corrected chi connectivity index (χ0v) is 9.21. The topological polar surface area (TPSA) is 17.1 Å². The van der Waals surface area contributed by atoms with Gasteiger partial charge in [-0.05, 0) is 48.4 Å². The van der Waals surface area contributed by atoms with Gasteiger partial charge in [0.1, 0.15) is 11.6 Å². The lowest BCUT2D eigenvalue weighted by Gasteiger charge is -2.07. The van der Waals surface area contributed by atoms with Gasteiger partial charge in [0, 0.05) is 5.56 Å². The van der Waals surface area contributed by atoms with Crippen LogP contribution in [0.3, 0.4) is 0 Å². The second-order valence-electron chi connectivity index (χ2n) is 3.76. The molecule has 0 aromatic heterocycles. The molecule has 0 spiro atoms. The van der Waals surface area contributed by atoms with Gasteiger partial charge in [0.15, 0.2) is 5.78 Å². The van der Waals surface area contributed by atoms with E-state index in [1.807, 2.05) is 0 Å².